The third-order valence-corrected chi connectivity index (χ3v) is 2.60. The molecule has 0 spiro atoms. The van der Waals surface area contributed by atoms with Gasteiger partial charge in [0.2, 0.25) is 5.56 Å². The normalized spacial score (nSPS) is 10.6. The molecule has 0 aliphatic rings. The predicted molar refractivity (Wildman–Crippen MR) is 57.0 cm³/mol. The third-order valence-electron chi connectivity index (χ3n) is 1.95. The molecule has 2 rings (SSSR count). The quantitative estimate of drug-likeness (QED) is 0.751. The van der Waals surface area contributed by atoms with E-state index in [0.717, 1.165) is 20.9 Å². The number of benzene rings is 1. The van der Waals surface area contributed by atoms with Crippen molar-refractivity contribution in [3.05, 3.63) is 44.7 Å². The molecule has 2 aromatic rings. The van der Waals surface area contributed by atoms with Gasteiger partial charge < -0.3 is 4.98 Å². The molecule has 3 heteroatoms. The van der Waals surface area contributed by atoms with Gasteiger partial charge in [-0.15, -0.1) is 0 Å². The molecule has 0 bridgehead atoms. The second-order valence-corrected chi connectivity index (χ2v) is 3.88. The lowest BCUT2D eigenvalue weighted by atomic mass is 10.1. The fourth-order valence-electron chi connectivity index (χ4n) is 1.33. The lowest BCUT2D eigenvalue weighted by Gasteiger charge is -2.00. The minimum atomic E-state index is -0.0787. The van der Waals surface area contributed by atoms with E-state index in [1.807, 2.05) is 25.1 Å². The van der Waals surface area contributed by atoms with Crippen LogP contribution in [0, 0.1) is 6.92 Å². The van der Waals surface area contributed by atoms with Gasteiger partial charge in [0.15, 0.2) is 0 Å². The molecule has 0 unspecified atom stereocenters. The summed E-state index contributed by atoms with van der Waals surface area (Å²) in [5.41, 5.74) is 1.94. The van der Waals surface area contributed by atoms with E-state index >= 15 is 0 Å². The fraction of sp³-hybridized carbons (Fsp3) is 0.100. The lowest BCUT2D eigenvalue weighted by molar-refractivity contribution is 1.29. The van der Waals surface area contributed by atoms with Gasteiger partial charge in [-0.3, -0.25) is 4.79 Å². The highest BCUT2D eigenvalue weighted by atomic mass is 79.9. The van der Waals surface area contributed by atoms with Crippen LogP contribution in [0.5, 0.6) is 0 Å². The second kappa shape index (κ2) is 3.00. The number of aromatic nitrogens is 1. The summed E-state index contributed by atoms with van der Waals surface area (Å²) in [6, 6.07) is 7.51. The van der Waals surface area contributed by atoms with Gasteiger partial charge in [-0.1, -0.05) is 12.1 Å². The van der Waals surface area contributed by atoms with E-state index in [0.29, 0.717) is 0 Å². The number of aromatic amines is 1. The van der Waals surface area contributed by atoms with Crippen molar-refractivity contribution < 1.29 is 0 Å². The van der Waals surface area contributed by atoms with Crippen molar-refractivity contribution in [3.63, 3.8) is 0 Å². The molecule has 0 aliphatic heterocycles. The highest BCUT2D eigenvalue weighted by Gasteiger charge is 1.99. The van der Waals surface area contributed by atoms with Gasteiger partial charge in [0.1, 0.15) is 0 Å². The molecule has 66 valence electrons. The summed E-state index contributed by atoms with van der Waals surface area (Å²) in [5, 5.41) is 1.03. The van der Waals surface area contributed by atoms with Gasteiger partial charge in [0.25, 0.3) is 0 Å². The molecule has 1 heterocycles. The Balaban J connectivity index is 2.94. The van der Waals surface area contributed by atoms with Crippen LogP contribution in [0.15, 0.2) is 33.5 Å². The second-order valence-electron chi connectivity index (χ2n) is 3.03. The van der Waals surface area contributed by atoms with Crippen molar-refractivity contribution in [2.24, 2.45) is 0 Å². The first kappa shape index (κ1) is 8.51. The monoisotopic (exact) mass is 237 g/mol. The number of fused-ring (bicyclic) bond motifs is 1. The maximum absolute atomic E-state index is 11.1. The van der Waals surface area contributed by atoms with Gasteiger partial charge in [0.05, 0.1) is 0 Å². The van der Waals surface area contributed by atoms with Crippen LogP contribution in [-0.4, -0.2) is 4.98 Å². The van der Waals surface area contributed by atoms with Gasteiger partial charge in [-0.25, -0.2) is 0 Å². The van der Waals surface area contributed by atoms with Crippen molar-refractivity contribution >= 4 is 26.8 Å². The molecule has 0 aliphatic carbocycles. The number of nitrogens with one attached hydrogen (secondary N) is 1. The molecular weight excluding hydrogens is 230 g/mol. The molecule has 0 atom stereocenters. The number of halogens is 1. The van der Waals surface area contributed by atoms with E-state index in [-0.39, 0.29) is 5.56 Å². The van der Waals surface area contributed by atoms with Gasteiger partial charge in [-0.05, 0) is 34.5 Å². The SMILES string of the molecule is Cc1ccc2c(Br)cc(=O)[nH]c2c1. The summed E-state index contributed by atoms with van der Waals surface area (Å²) >= 11 is 3.35. The van der Waals surface area contributed by atoms with E-state index in [1.165, 1.54) is 6.07 Å². The zero-order valence-electron chi connectivity index (χ0n) is 7.10. The number of pyridine rings is 1. The van der Waals surface area contributed by atoms with Crippen molar-refractivity contribution in [2.75, 3.05) is 0 Å². The standard InChI is InChI=1S/C10H8BrNO/c1-6-2-3-7-8(11)5-10(13)12-9(7)4-6/h2-5H,1H3,(H,12,13). The Morgan fingerprint density at radius 2 is 2.08 bits per heavy atom. The van der Waals surface area contributed by atoms with Crippen LogP contribution >= 0.6 is 15.9 Å². The Morgan fingerprint density at radius 3 is 2.85 bits per heavy atom. The van der Waals surface area contributed by atoms with Gasteiger partial charge in [0, 0.05) is 21.4 Å². The predicted octanol–water partition coefficient (Wildman–Crippen LogP) is 2.60. The summed E-state index contributed by atoms with van der Waals surface area (Å²) in [7, 11) is 0. The van der Waals surface area contributed by atoms with Crippen molar-refractivity contribution in [1.29, 1.82) is 0 Å². The van der Waals surface area contributed by atoms with Gasteiger partial charge >= 0.3 is 0 Å². The summed E-state index contributed by atoms with van der Waals surface area (Å²) in [4.78, 5) is 13.9. The fourth-order valence-corrected chi connectivity index (χ4v) is 1.89. The van der Waals surface area contributed by atoms with E-state index in [2.05, 4.69) is 20.9 Å². The number of rotatable bonds is 0. The maximum atomic E-state index is 11.1. The minimum Gasteiger partial charge on any atom is -0.322 e. The van der Waals surface area contributed by atoms with Crippen LogP contribution in [0.25, 0.3) is 10.9 Å². The Kier molecular flexibility index (Phi) is 1.96. The summed E-state index contributed by atoms with van der Waals surface area (Å²) in [6.07, 6.45) is 0. The van der Waals surface area contributed by atoms with Gasteiger partial charge in [-0.2, -0.15) is 0 Å². The van der Waals surface area contributed by atoms with Crippen molar-refractivity contribution in [3.8, 4) is 0 Å². The first-order valence-electron chi connectivity index (χ1n) is 3.96. The number of aryl methyl sites for hydroxylation is 1. The number of H-pyrrole nitrogens is 1. The van der Waals surface area contributed by atoms with Crippen LogP contribution in [0.1, 0.15) is 5.56 Å². The Morgan fingerprint density at radius 1 is 1.31 bits per heavy atom. The third kappa shape index (κ3) is 1.52. The van der Waals surface area contributed by atoms with Crippen LogP contribution in [-0.2, 0) is 0 Å². The highest BCUT2D eigenvalue weighted by molar-refractivity contribution is 9.10. The summed E-state index contributed by atoms with van der Waals surface area (Å²) in [5.74, 6) is 0. The van der Waals surface area contributed by atoms with E-state index in [1.54, 1.807) is 0 Å². The molecule has 2 nitrogen and oxygen atoms in total. The van der Waals surface area contributed by atoms with Crippen LogP contribution in [0.4, 0.5) is 0 Å². The Bertz CT molecular complexity index is 516. The molecule has 1 aromatic heterocycles. The molecule has 0 amide bonds. The molecule has 0 saturated carbocycles. The Labute approximate surface area is 83.7 Å². The smallest absolute Gasteiger partial charge is 0.249 e. The summed E-state index contributed by atoms with van der Waals surface area (Å²) in [6.45, 7) is 2.00. The minimum absolute atomic E-state index is 0.0787. The molecule has 1 aromatic carbocycles. The molecule has 1 N–H and O–H groups in total. The number of hydrogen-bond donors (Lipinski definition) is 1. The molecular formula is C10H8BrNO. The average molecular weight is 238 g/mol. The molecule has 13 heavy (non-hydrogen) atoms. The molecule has 0 radical (unpaired) electrons. The van der Waals surface area contributed by atoms with Crippen molar-refractivity contribution in [2.45, 2.75) is 6.92 Å². The van der Waals surface area contributed by atoms with E-state index in [4.69, 9.17) is 0 Å². The lowest BCUT2D eigenvalue weighted by Crippen LogP contribution is -2.03. The van der Waals surface area contributed by atoms with Crippen LogP contribution < -0.4 is 5.56 Å². The first-order chi connectivity index (χ1) is 6.16. The Hall–Kier alpha value is -1.09. The van der Waals surface area contributed by atoms with E-state index in [9.17, 15) is 4.79 Å². The molecule has 0 saturated heterocycles. The van der Waals surface area contributed by atoms with Crippen LogP contribution in [0.2, 0.25) is 0 Å². The first-order valence-corrected chi connectivity index (χ1v) is 4.75. The van der Waals surface area contributed by atoms with Crippen LogP contribution in [0.3, 0.4) is 0 Å². The zero-order valence-corrected chi connectivity index (χ0v) is 8.68. The largest absolute Gasteiger partial charge is 0.322 e. The summed E-state index contributed by atoms with van der Waals surface area (Å²) < 4.78 is 0.839. The average Bonchev–Trinajstić information content (AvgIpc) is 2.02. The zero-order chi connectivity index (χ0) is 9.42. The molecule has 0 fully saturated rings. The van der Waals surface area contributed by atoms with Crippen molar-refractivity contribution in [1.82, 2.24) is 4.98 Å². The van der Waals surface area contributed by atoms with E-state index < -0.39 is 0 Å². The highest BCUT2D eigenvalue weighted by Crippen LogP contribution is 2.20. The maximum Gasteiger partial charge on any atom is 0.249 e. The number of hydrogen-bond acceptors (Lipinski definition) is 1. The topological polar surface area (TPSA) is 32.9 Å².